The summed E-state index contributed by atoms with van der Waals surface area (Å²) in [6.45, 7) is 0. The third-order valence-corrected chi connectivity index (χ3v) is 3.88. The number of rotatable bonds is 1. The quantitative estimate of drug-likeness (QED) is 0.387. The van der Waals surface area contributed by atoms with Gasteiger partial charge in [0.05, 0.1) is 0 Å². The highest BCUT2D eigenvalue weighted by atomic mass is 127. The van der Waals surface area contributed by atoms with E-state index in [4.69, 9.17) is 0 Å². The Labute approximate surface area is 142 Å². The molecule has 0 N–H and O–H groups in total. The lowest BCUT2D eigenvalue weighted by Crippen LogP contribution is -1.75. The fourth-order valence-corrected chi connectivity index (χ4v) is 2.53. The minimum Gasteiger partial charge on any atom is -0.0622 e. The Morgan fingerprint density at radius 1 is 0.600 bits per heavy atom. The molecule has 0 aliphatic carbocycles. The van der Waals surface area contributed by atoms with E-state index >= 15 is 0 Å². The van der Waals surface area contributed by atoms with Crippen LogP contribution >= 0.6 is 38.5 Å². The summed E-state index contributed by atoms with van der Waals surface area (Å²) in [6.07, 6.45) is 0. The van der Waals surface area contributed by atoms with Crippen molar-refractivity contribution >= 4 is 38.5 Å². The van der Waals surface area contributed by atoms with Crippen molar-refractivity contribution in [3.8, 4) is 11.1 Å². The van der Waals surface area contributed by atoms with Gasteiger partial charge in [0.25, 0.3) is 0 Å². The maximum absolute atomic E-state index is 3.46. The molecular formula is C18H14BrI. The zero-order valence-corrected chi connectivity index (χ0v) is 14.6. The predicted octanol–water partition coefficient (Wildman–Crippen LogP) is 6.41. The Balaban J connectivity index is 0.000000178. The van der Waals surface area contributed by atoms with Crippen molar-refractivity contribution in [2.45, 2.75) is 0 Å². The van der Waals surface area contributed by atoms with Gasteiger partial charge in [0.2, 0.25) is 0 Å². The summed E-state index contributed by atoms with van der Waals surface area (Å²) in [5.41, 5.74) is 2.50. The van der Waals surface area contributed by atoms with Gasteiger partial charge >= 0.3 is 0 Å². The molecule has 0 aliphatic rings. The van der Waals surface area contributed by atoms with E-state index in [0.29, 0.717) is 0 Å². The highest BCUT2D eigenvalue weighted by Crippen LogP contribution is 2.22. The minimum atomic E-state index is 1.12. The Hall–Kier alpha value is -1.13. The van der Waals surface area contributed by atoms with Crippen molar-refractivity contribution in [3.63, 3.8) is 0 Å². The monoisotopic (exact) mass is 436 g/mol. The molecule has 3 aromatic rings. The molecule has 0 spiro atoms. The molecule has 0 heterocycles. The van der Waals surface area contributed by atoms with E-state index in [-0.39, 0.29) is 0 Å². The molecule has 2 heteroatoms. The van der Waals surface area contributed by atoms with Gasteiger partial charge in [-0.1, -0.05) is 76.6 Å². The van der Waals surface area contributed by atoms with E-state index in [0.717, 1.165) is 4.47 Å². The fraction of sp³-hybridized carbons (Fsp3) is 0. The van der Waals surface area contributed by atoms with Crippen LogP contribution in [0, 0.1) is 3.57 Å². The second kappa shape index (κ2) is 8.22. The molecule has 0 atom stereocenters. The van der Waals surface area contributed by atoms with Gasteiger partial charge in [-0.3, -0.25) is 0 Å². The van der Waals surface area contributed by atoms with Crippen molar-refractivity contribution in [1.29, 1.82) is 0 Å². The van der Waals surface area contributed by atoms with Gasteiger partial charge in [0.1, 0.15) is 0 Å². The van der Waals surface area contributed by atoms with Crippen molar-refractivity contribution in [2.75, 3.05) is 0 Å². The van der Waals surface area contributed by atoms with Gasteiger partial charge in [-0.2, -0.15) is 0 Å². The van der Waals surface area contributed by atoms with Crippen LogP contribution in [0.5, 0.6) is 0 Å². The molecule has 0 aromatic heterocycles. The van der Waals surface area contributed by atoms with Gasteiger partial charge in [0.15, 0.2) is 0 Å². The first-order chi connectivity index (χ1) is 9.75. The Kier molecular flexibility index (Phi) is 6.27. The van der Waals surface area contributed by atoms with Crippen LogP contribution in [0.4, 0.5) is 0 Å². The maximum atomic E-state index is 3.46. The van der Waals surface area contributed by atoms with Crippen LogP contribution in [-0.4, -0.2) is 0 Å². The molecule has 3 aromatic carbocycles. The first kappa shape index (κ1) is 15.3. The average molecular weight is 437 g/mol. The van der Waals surface area contributed by atoms with Gasteiger partial charge in [-0.15, -0.1) is 0 Å². The number of hydrogen-bond acceptors (Lipinski definition) is 0. The lowest BCUT2D eigenvalue weighted by molar-refractivity contribution is 1.59. The molecule has 0 aliphatic heterocycles. The molecule has 3 rings (SSSR count). The third-order valence-electron chi connectivity index (χ3n) is 2.66. The normalized spacial score (nSPS) is 9.50. The maximum Gasteiger partial charge on any atom is 0.0181 e. The SMILES string of the molecule is Brc1cccc(-c2ccccc2)c1.Ic1ccccc1. The molecule has 0 unspecified atom stereocenters. The standard InChI is InChI=1S/C12H9Br.C6H5I/c13-12-8-4-7-11(9-12)10-5-2-1-3-6-10;7-6-4-2-1-3-5-6/h1-9H;1-5H. The molecule has 0 amide bonds. The molecule has 0 fully saturated rings. The minimum absolute atomic E-state index is 1.12. The van der Waals surface area contributed by atoms with E-state index in [2.05, 4.69) is 87.1 Å². The lowest BCUT2D eigenvalue weighted by Gasteiger charge is -2.00. The topological polar surface area (TPSA) is 0 Å². The van der Waals surface area contributed by atoms with Gasteiger partial charge < -0.3 is 0 Å². The van der Waals surface area contributed by atoms with Crippen LogP contribution in [0.15, 0.2) is 89.4 Å². The van der Waals surface area contributed by atoms with E-state index in [1.165, 1.54) is 14.7 Å². The first-order valence-electron chi connectivity index (χ1n) is 6.27. The molecule has 0 nitrogen and oxygen atoms in total. The van der Waals surface area contributed by atoms with Crippen LogP contribution in [0.25, 0.3) is 11.1 Å². The molecule has 100 valence electrons. The van der Waals surface area contributed by atoms with Crippen LogP contribution in [-0.2, 0) is 0 Å². The Bertz CT molecular complexity index is 636. The largest absolute Gasteiger partial charge is 0.0622 e. The van der Waals surface area contributed by atoms with E-state index in [1.54, 1.807) is 0 Å². The first-order valence-corrected chi connectivity index (χ1v) is 8.14. The summed E-state index contributed by atoms with van der Waals surface area (Å²) < 4.78 is 2.41. The second-order valence-corrected chi connectivity index (χ2v) is 6.33. The van der Waals surface area contributed by atoms with E-state index in [1.807, 2.05) is 36.4 Å². The summed E-state index contributed by atoms with van der Waals surface area (Å²) in [5, 5.41) is 0. The van der Waals surface area contributed by atoms with Crippen molar-refractivity contribution in [2.24, 2.45) is 0 Å². The van der Waals surface area contributed by atoms with Crippen LogP contribution in [0.3, 0.4) is 0 Å². The van der Waals surface area contributed by atoms with E-state index in [9.17, 15) is 0 Å². The van der Waals surface area contributed by atoms with Gasteiger partial charge in [-0.25, -0.2) is 0 Å². The predicted molar refractivity (Wildman–Crippen MR) is 98.7 cm³/mol. The molecule has 0 saturated carbocycles. The average Bonchev–Trinajstić information content (AvgIpc) is 2.50. The molecule has 20 heavy (non-hydrogen) atoms. The highest BCUT2D eigenvalue weighted by molar-refractivity contribution is 14.1. The van der Waals surface area contributed by atoms with Crippen LogP contribution in [0.2, 0.25) is 0 Å². The summed E-state index contributed by atoms with van der Waals surface area (Å²) in [6, 6.07) is 28.9. The van der Waals surface area contributed by atoms with E-state index < -0.39 is 0 Å². The molecule has 0 radical (unpaired) electrons. The Morgan fingerprint density at radius 2 is 1.15 bits per heavy atom. The van der Waals surface area contributed by atoms with Crippen LogP contribution < -0.4 is 0 Å². The Morgan fingerprint density at radius 3 is 1.65 bits per heavy atom. The van der Waals surface area contributed by atoms with Crippen molar-refractivity contribution < 1.29 is 0 Å². The molecular weight excluding hydrogens is 423 g/mol. The highest BCUT2D eigenvalue weighted by Gasteiger charge is 1.95. The third kappa shape index (κ3) is 5.10. The zero-order chi connectivity index (χ0) is 14.2. The molecule has 0 bridgehead atoms. The van der Waals surface area contributed by atoms with Gasteiger partial charge in [0, 0.05) is 8.04 Å². The number of halogens is 2. The number of benzene rings is 3. The van der Waals surface area contributed by atoms with Crippen LogP contribution in [0.1, 0.15) is 0 Å². The second-order valence-electron chi connectivity index (χ2n) is 4.17. The summed E-state index contributed by atoms with van der Waals surface area (Å²) in [5.74, 6) is 0. The van der Waals surface area contributed by atoms with Crippen molar-refractivity contribution in [1.82, 2.24) is 0 Å². The lowest BCUT2D eigenvalue weighted by atomic mass is 10.1. The van der Waals surface area contributed by atoms with Gasteiger partial charge in [-0.05, 0) is 58.0 Å². The smallest absolute Gasteiger partial charge is 0.0181 e. The summed E-state index contributed by atoms with van der Waals surface area (Å²) in [4.78, 5) is 0. The molecule has 0 saturated heterocycles. The fourth-order valence-electron chi connectivity index (χ4n) is 1.71. The summed E-state index contributed by atoms with van der Waals surface area (Å²) >= 11 is 5.74. The number of hydrogen-bond donors (Lipinski definition) is 0. The summed E-state index contributed by atoms with van der Waals surface area (Å²) in [7, 11) is 0. The zero-order valence-electron chi connectivity index (χ0n) is 10.8. The van der Waals surface area contributed by atoms with Crippen molar-refractivity contribution in [3.05, 3.63) is 93.0 Å².